The van der Waals surface area contributed by atoms with E-state index in [2.05, 4.69) is 4.98 Å². The fourth-order valence-corrected chi connectivity index (χ4v) is 2.32. The lowest BCUT2D eigenvalue weighted by Crippen LogP contribution is -2.31. The van der Waals surface area contributed by atoms with E-state index in [0.717, 1.165) is 25.1 Å². The monoisotopic (exact) mass is 264 g/mol. The standard InChI is InChI=1S/C14H17FN2O2/c15-13-7-16-5-3-12(13)14(18)17-6-4-11(8-17)19-9-10-1-2-10/h3,5,7,10-11H,1-2,4,6,8-9H2. The number of rotatable bonds is 4. The number of nitrogens with zero attached hydrogens (tertiary/aromatic N) is 2. The number of carbonyl (C=O) groups excluding carboxylic acids is 1. The number of halogens is 1. The Labute approximate surface area is 111 Å². The smallest absolute Gasteiger partial charge is 0.257 e. The van der Waals surface area contributed by atoms with Gasteiger partial charge in [-0.15, -0.1) is 0 Å². The highest BCUT2D eigenvalue weighted by Gasteiger charge is 2.30. The second-order valence-corrected chi connectivity index (χ2v) is 5.29. The van der Waals surface area contributed by atoms with Gasteiger partial charge < -0.3 is 9.64 Å². The molecule has 1 aliphatic heterocycles. The molecule has 1 saturated heterocycles. The largest absolute Gasteiger partial charge is 0.376 e. The van der Waals surface area contributed by atoms with Crippen LogP contribution in [0.3, 0.4) is 0 Å². The van der Waals surface area contributed by atoms with Gasteiger partial charge in [-0.05, 0) is 31.2 Å². The van der Waals surface area contributed by atoms with Crippen molar-refractivity contribution in [1.82, 2.24) is 9.88 Å². The normalized spacial score (nSPS) is 22.8. The number of hydrogen-bond donors (Lipinski definition) is 0. The van der Waals surface area contributed by atoms with Crippen molar-refractivity contribution in [3.05, 3.63) is 29.8 Å². The molecule has 4 nitrogen and oxygen atoms in total. The van der Waals surface area contributed by atoms with Crippen LogP contribution in [0, 0.1) is 11.7 Å². The Balaban J connectivity index is 1.57. The second kappa shape index (κ2) is 5.25. The van der Waals surface area contributed by atoms with Crippen LogP contribution < -0.4 is 0 Å². The van der Waals surface area contributed by atoms with Gasteiger partial charge in [-0.25, -0.2) is 4.39 Å². The van der Waals surface area contributed by atoms with Crippen molar-refractivity contribution in [3.63, 3.8) is 0 Å². The van der Waals surface area contributed by atoms with Gasteiger partial charge in [0, 0.05) is 25.9 Å². The molecule has 1 aromatic heterocycles. The van der Waals surface area contributed by atoms with Crippen molar-refractivity contribution in [2.45, 2.75) is 25.4 Å². The van der Waals surface area contributed by atoms with E-state index in [9.17, 15) is 9.18 Å². The molecule has 1 atom stereocenters. The highest BCUT2D eigenvalue weighted by atomic mass is 19.1. The topological polar surface area (TPSA) is 42.4 Å². The molecule has 2 heterocycles. The maximum atomic E-state index is 13.5. The van der Waals surface area contributed by atoms with E-state index in [0.29, 0.717) is 13.1 Å². The molecule has 1 aliphatic carbocycles. The van der Waals surface area contributed by atoms with Crippen LogP contribution in [0.25, 0.3) is 0 Å². The summed E-state index contributed by atoms with van der Waals surface area (Å²) in [7, 11) is 0. The molecular formula is C14H17FN2O2. The first-order chi connectivity index (χ1) is 9.24. The maximum absolute atomic E-state index is 13.5. The summed E-state index contributed by atoms with van der Waals surface area (Å²) in [6, 6.07) is 1.43. The van der Waals surface area contributed by atoms with Gasteiger partial charge in [-0.3, -0.25) is 9.78 Å². The molecule has 1 amide bonds. The van der Waals surface area contributed by atoms with Crippen LogP contribution in [0.2, 0.25) is 0 Å². The number of likely N-dealkylation sites (tertiary alicyclic amines) is 1. The van der Waals surface area contributed by atoms with Gasteiger partial charge >= 0.3 is 0 Å². The van der Waals surface area contributed by atoms with E-state index in [1.165, 1.54) is 25.1 Å². The van der Waals surface area contributed by atoms with Gasteiger partial charge in [0.05, 0.1) is 17.9 Å². The maximum Gasteiger partial charge on any atom is 0.257 e. The molecular weight excluding hydrogens is 247 g/mol. The van der Waals surface area contributed by atoms with Crippen molar-refractivity contribution < 1.29 is 13.9 Å². The fourth-order valence-electron chi connectivity index (χ4n) is 2.32. The first-order valence-electron chi connectivity index (χ1n) is 6.74. The summed E-state index contributed by atoms with van der Waals surface area (Å²) in [6.07, 6.45) is 5.98. The Kier molecular flexibility index (Phi) is 3.46. The van der Waals surface area contributed by atoms with Crippen molar-refractivity contribution in [2.24, 2.45) is 5.92 Å². The zero-order valence-corrected chi connectivity index (χ0v) is 10.7. The molecule has 1 unspecified atom stereocenters. The lowest BCUT2D eigenvalue weighted by atomic mass is 10.2. The number of ether oxygens (including phenoxy) is 1. The molecule has 19 heavy (non-hydrogen) atoms. The van der Waals surface area contributed by atoms with Gasteiger partial charge in [0.1, 0.15) is 0 Å². The van der Waals surface area contributed by atoms with Crippen molar-refractivity contribution >= 4 is 5.91 Å². The minimum absolute atomic E-state index is 0.0952. The summed E-state index contributed by atoms with van der Waals surface area (Å²) in [4.78, 5) is 17.5. The summed E-state index contributed by atoms with van der Waals surface area (Å²) in [6.45, 7) is 2.00. The average Bonchev–Trinajstić information content (AvgIpc) is 3.13. The molecule has 0 radical (unpaired) electrons. The van der Waals surface area contributed by atoms with E-state index in [4.69, 9.17) is 4.74 Å². The molecule has 2 aliphatic rings. The summed E-state index contributed by atoms with van der Waals surface area (Å²) < 4.78 is 19.3. The minimum Gasteiger partial charge on any atom is -0.376 e. The van der Waals surface area contributed by atoms with Gasteiger partial charge in [-0.1, -0.05) is 0 Å². The number of aromatic nitrogens is 1. The van der Waals surface area contributed by atoms with Crippen LogP contribution in [0.4, 0.5) is 4.39 Å². The number of pyridine rings is 1. The highest BCUT2D eigenvalue weighted by Crippen LogP contribution is 2.30. The molecule has 1 saturated carbocycles. The Bertz CT molecular complexity index is 476. The van der Waals surface area contributed by atoms with E-state index in [1.807, 2.05) is 0 Å². The van der Waals surface area contributed by atoms with Crippen molar-refractivity contribution in [3.8, 4) is 0 Å². The van der Waals surface area contributed by atoms with Crippen LogP contribution in [0.15, 0.2) is 18.5 Å². The molecule has 102 valence electrons. The molecule has 0 N–H and O–H groups in total. The van der Waals surface area contributed by atoms with Gasteiger partial charge in [0.25, 0.3) is 5.91 Å². The Morgan fingerprint density at radius 2 is 2.32 bits per heavy atom. The van der Waals surface area contributed by atoms with Gasteiger partial charge in [0.2, 0.25) is 0 Å². The molecule has 5 heteroatoms. The van der Waals surface area contributed by atoms with Crippen molar-refractivity contribution in [2.75, 3.05) is 19.7 Å². The Morgan fingerprint density at radius 3 is 3.05 bits per heavy atom. The lowest BCUT2D eigenvalue weighted by Gasteiger charge is -2.17. The molecule has 3 rings (SSSR count). The lowest BCUT2D eigenvalue weighted by molar-refractivity contribution is 0.0479. The first kappa shape index (κ1) is 12.5. The fraction of sp³-hybridized carbons (Fsp3) is 0.571. The van der Waals surface area contributed by atoms with Crippen molar-refractivity contribution in [1.29, 1.82) is 0 Å². The van der Waals surface area contributed by atoms with Gasteiger partial charge in [0.15, 0.2) is 5.82 Å². The van der Waals surface area contributed by atoms with E-state index in [1.54, 1.807) is 4.90 Å². The predicted molar refractivity (Wildman–Crippen MR) is 67.2 cm³/mol. The number of hydrogen-bond acceptors (Lipinski definition) is 3. The van der Waals surface area contributed by atoms with E-state index < -0.39 is 5.82 Å². The van der Waals surface area contributed by atoms with Crippen LogP contribution in [-0.4, -0.2) is 41.6 Å². The highest BCUT2D eigenvalue weighted by molar-refractivity contribution is 5.94. The number of amides is 1. The predicted octanol–water partition coefficient (Wildman–Crippen LogP) is 1.86. The second-order valence-electron chi connectivity index (χ2n) is 5.29. The summed E-state index contributed by atoms with van der Waals surface area (Å²) in [5, 5.41) is 0. The zero-order valence-electron chi connectivity index (χ0n) is 10.7. The summed E-state index contributed by atoms with van der Waals surface area (Å²) >= 11 is 0. The minimum atomic E-state index is -0.560. The molecule has 0 bridgehead atoms. The molecule has 0 spiro atoms. The third kappa shape index (κ3) is 2.92. The SMILES string of the molecule is O=C(c1ccncc1F)N1CCC(OCC2CC2)C1. The molecule has 1 aromatic rings. The summed E-state index contributed by atoms with van der Waals surface area (Å²) in [5.74, 6) is -0.102. The Morgan fingerprint density at radius 1 is 1.47 bits per heavy atom. The summed E-state index contributed by atoms with van der Waals surface area (Å²) in [5.41, 5.74) is 0.0952. The van der Waals surface area contributed by atoms with E-state index in [-0.39, 0.29) is 17.6 Å². The van der Waals surface area contributed by atoms with Crippen LogP contribution in [-0.2, 0) is 4.74 Å². The molecule has 2 fully saturated rings. The quantitative estimate of drug-likeness (QED) is 0.833. The van der Waals surface area contributed by atoms with Crippen LogP contribution in [0.5, 0.6) is 0 Å². The number of carbonyl (C=O) groups is 1. The third-order valence-electron chi connectivity index (χ3n) is 3.70. The van der Waals surface area contributed by atoms with E-state index >= 15 is 0 Å². The molecule has 0 aromatic carbocycles. The average molecular weight is 264 g/mol. The zero-order chi connectivity index (χ0) is 13.2. The van der Waals surface area contributed by atoms with Crippen LogP contribution >= 0.6 is 0 Å². The van der Waals surface area contributed by atoms with Crippen LogP contribution in [0.1, 0.15) is 29.6 Å². The first-order valence-corrected chi connectivity index (χ1v) is 6.74. The van der Waals surface area contributed by atoms with Gasteiger partial charge in [-0.2, -0.15) is 0 Å². The third-order valence-corrected chi connectivity index (χ3v) is 3.70. The Hall–Kier alpha value is -1.49.